The Balaban J connectivity index is 2.11. The summed E-state index contributed by atoms with van der Waals surface area (Å²) < 4.78 is 49.8. The minimum atomic E-state index is -1.13. The second kappa shape index (κ2) is 11.6. The van der Waals surface area contributed by atoms with Gasteiger partial charge in [-0.15, -0.1) is 0 Å². The zero-order valence-electron chi connectivity index (χ0n) is 18.8. The van der Waals surface area contributed by atoms with Crippen LogP contribution in [0.25, 0.3) is 11.0 Å². The molecule has 0 aliphatic heterocycles. The number of carbonyl (C=O) groups is 2. The van der Waals surface area contributed by atoms with Gasteiger partial charge in [0.25, 0.3) is 0 Å². The van der Waals surface area contributed by atoms with E-state index in [4.69, 9.17) is 13.9 Å². The van der Waals surface area contributed by atoms with Crippen molar-refractivity contribution in [1.29, 1.82) is 0 Å². The third-order valence-electron chi connectivity index (χ3n) is 4.43. The van der Waals surface area contributed by atoms with Crippen molar-refractivity contribution in [2.75, 3.05) is 20.3 Å². The van der Waals surface area contributed by atoms with E-state index in [-0.39, 0.29) is 28.4 Å². The van der Waals surface area contributed by atoms with E-state index in [1.165, 1.54) is 7.11 Å². The lowest BCUT2D eigenvalue weighted by atomic mass is 10.0. The Hall–Kier alpha value is -2.44. The maximum atomic E-state index is 15.0. The largest absolute Gasteiger partial charge is 0.488 e. The maximum absolute atomic E-state index is 15.0. The Morgan fingerprint density at radius 2 is 1.88 bits per heavy atom. The smallest absolute Gasteiger partial charge is 0.407 e. The summed E-state index contributed by atoms with van der Waals surface area (Å²) in [7, 11) is 1.17. The number of fused-ring (bicyclic) bond motifs is 1. The third-order valence-corrected chi connectivity index (χ3v) is 5.19. The average Bonchev–Trinajstić information content (AvgIpc) is 2.72. The molecule has 182 valence electrons. The van der Waals surface area contributed by atoms with Gasteiger partial charge in [0.1, 0.15) is 5.60 Å². The molecule has 1 amide bonds. The second-order valence-electron chi connectivity index (χ2n) is 8.10. The molecular weight excluding hydrogens is 555 g/mol. The third kappa shape index (κ3) is 7.27. The van der Waals surface area contributed by atoms with Gasteiger partial charge in [0.15, 0.2) is 17.1 Å². The number of hydrogen-bond acceptors (Lipinski definition) is 7. The predicted molar refractivity (Wildman–Crippen MR) is 125 cm³/mol. The highest BCUT2D eigenvalue weighted by atomic mass is 127. The van der Waals surface area contributed by atoms with Gasteiger partial charge in [0.2, 0.25) is 5.82 Å². The molecule has 8 nitrogen and oxygen atoms in total. The number of methoxy groups -OCH3 is 1. The predicted octanol–water partition coefficient (Wildman–Crippen LogP) is 4.41. The Morgan fingerprint density at radius 3 is 2.48 bits per heavy atom. The van der Waals surface area contributed by atoms with Crippen LogP contribution in [0.15, 0.2) is 15.3 Å². The molecular formula is C22H26F2INO7. The summed E-state index contributed by atoms with van der Waals surface area (Å²) in [6, 6.07) is 1.02. The summed E-state index contributed by atoms with van der Waals surface area (Å²) in [5, 5.41) is 2.63. The minimum absolute atomic E-state index is 0.00583. The van der Waals surface area contributed by atoms with E-state index in [1.54, 1.807) is 20.8 Å². The van der Waals surface area contributed by atoms with Crippen LogP contribution >= 0.6 is 22.6 Å². The Morgan fingerprint density at radius 1 is 1.18 bits per heavy atom. The number of ether oxygens (including phenoxy) is 3. The zero-order valence-corrected chi connectivity index (χ0v) is 21.0. The lowest BCUT2D eigenvalue weighted by molar-refractivity contribution is -0.139. The van der Waals surface area contributed by atoms with Crippen molar-refractivity contribution in [3.8, 4) is 5.75 Å². The molecule has 0 bridgehead atoms. The van der Waals surface area contributed by atoms with Gasteiger partial charge in [0.05, 0.1) is 25.7 Å². The van der Waals surface area contributed by atoms with Gasteiger partial charge in [0, 0.05) is 16.4 Å². The first-order valence-corrected chi connectivity index (χ1v) is 11.7. The van der Waals surface area contributed by atoms with E-state index in [0.29, 0.717) is 24.9 Å². The number of carbonyl (C=O) groups excluding carboxylic acids is 2. The lowest BCUT2D eigenvalue weighted by Gasteiger charge is -2.19. The van der Waals surface area contributed by atoms with Gasteiger partial charge in [-0.05, 0) is 45.2 Å². The Bertz CT molecular complexity index is 1080. The van der Waals surface area contributed by atoms with Gasteiger partial charge in [-0.1, -0.05) is 22.6 Å². The molecule has 1 heterocycles. The molecule has 0 unspecified atom stereocenters. The first-order valence-electron chi connectivity index (χ1n) is 10.2. The number of benzene rings is 1. The summed E-state index contributed by atoms with van der Waals surface area (Å²) in [6.07, 6.45) is -0.0385. The fourth-order valence-corrected chi connectivity index (χ4v) is 3.81. The van der Waals surface area contributed by atoms with Gasteiger partial charge in [-0.25, -0.2) is 14.0 Å². The number of rotatable bonds is 9. The van der Waals surface area contributed by atoms with Crippen molar-refractivity contribution in [1.82, 2.24) is 5.32 Å². The van der Waals surface area contributed by atoms with E-state index >= 15 is 0 Å². The highest BCUT2D eigenvalue weighted by molar-refractivity contribution is 14.1. The molecule has 0 radical (unpaired) electrons. The summed E-state index contributed by atoms with van der Waals surface area (Å²) >= 11 is 1.93. The van der Waals surface area contributed by atoms with E-state index in [2.05, 4.69) is 10.1 Å². The quantitative estimate of drug-likeness (QED) is 0.154. The fraction of sp³-hybridized carbons (Fsp3) is 0.500. The Kier molecular flexibility index (Phi) is 9.44. The van der Waals surface area contributed by atoms with Crippen LogP contribution in [0.5, 0.6) is 5.75 Å². The number of halogens is 3. The van der Waals surface area contributed by atoms with Crippen LogP contribution in [0.3, 0.4) is 0 Å². The molecule has 33 heavy (non-hydrogen) atoms. The molecule has 0 fully saturated rings. The van der Waals surface area contributed by atoms with Crippen molar-refractivity contribution >= 4 is 45.6 Å². The molecule has 11 heteroatoms. The molecule has 2 aromatic rings. The van der Waals surface area contributed by atoms with Crippen LogP contribution in [0.1, 0.15) is 44.7 Å². The first-order chi connectivity index (χ1) is 15.5. The minimum Gasteiger partial charge on any atom is -0.488 e. The maximum Gasteiger partial charge on any atom is 0.407 e. The van der Waals surface area contributed by atoms with Crippen LogP contribution in [-0.4, -0.2) is 37.9 Å². The molecule has 1 aromatic heterocycles. The number of alkyl carbamates (subject to hydrolysis) is 1. The molecule has 2 rings (SSSR count). The lowest BCUT2D eigenvalue weighted by Crippen LogP contribution is -2.33. The SMILES string of the molecule is COC(=O)Cc1c(CI)c2cc(F)c(OCCCCNC(=O)OC(C)(C)C)c(F)c2oc1=O. The number of amides is 1. The number of alkyl halides is 1. The average molecular weight is 581 g/mol. The normalized spacial score (nSPS) is 11.4. The van der Waals surface area contributed by atoms with Crippen molar-refractivity contribution in [2.24, 2.45) is 0 Å². The molecule has 1 N–H and O–H groups in total. The van der Waals surface area contributed by atoms with Crippen molar-refractivity contribution in [2.45, 2.75) is 50.1 Å². The number of hydrogen-bond donors (Lipinski definition) is 1. The summed E-state index contributed by atoms with van der Waals surface area (Å²) in [4.78, 5) is 35.6. The van der Waals surface area contributed by atoms with E-state index in [9.17, 15) is 23.2 Å². The molecule has 0 saturated carbocycles. The highest BCUT2D eigenvalue weighted by Gasteiger charge is 2.24. The Labute approximate surface area is 203 Å². The van der Waals surface area contributed by atoms with Crippen molar-refractivity contribution in [3.63, 3.8) is 0 Å². The molecule has 0 spiro atoms. The molecule has 0 atom stereocenters. The molecule has 1 aromatic carbocycles. The van der Waals surface area contributed by atoms with E-state index < -0.39 is 46.3 Å². The van der Waals surface area contributed by atoms with Crippen LogP contribution < -0.4 is 15.7 Å². The molecule has 0 aliphatic carbocycles. The molecule has 0 aliphatic rings. The van der Waals surface area contributed by atoms with Gasteiger partial charge < -0.3 is 23.9 Å². The topological polar surface area (TPSA) is 104 Å². The zero-order chi connectivity index (χ0) is 24.8. The standard InChI is InChI=1S/C22H26F2INO7/c1-22(2,3)33-21(29)26-7-5-6-8-31-19-15(23)9-12-14(11-25)13(10-16(27)30-4)20(28)32-18(12)17(19)24/h9H,5-8,10-11H2,1-4H3,(H,26,29). The van der Waals surface area contributed by atoms with Crippen LogP contribution in [0.4, 0.5) is 13.6 Å². The van der Waals surface area contributed by atoms with Gasteiger partial charge in [-0.2, -0.15) is 4.39 Å². The summed E-state index contributed by atoms with van der Waals surface area (Å²) in [5.41, 5.74) is -1.66. The van der Waals surface area contributed by atoms with E-state index in [0.717, 1.165) is 6.07 Å². The molecule has 0 saturated heterocycles. The van der Waals surface area contributed by atoms with E-state index in [1.807, 2.05) is 22.6 Å². The first kappa shape index (κ1) is 26.8. The highest BCUT2D eigenvalue weighted by Crippen LogP contribution is 2.33. The van der Waals surface area contributed by atoms with Crippen LogP contribution in [-0.2, 0) is 25.1 Å². The number of unbranched alkanes of at least 4 members (excludes halogenated alkanes) is 1. The van der Waals surface area contributed by atoms with Crippen molar-refractivity contribution < 1.29 is 37.0 Å². The summed E-state index contributed by atoms with van der Waals surface area (Å²) in [5.74, 6) is -3.43. The van der Waals surface area contributed by atoms with Gasteiger partial charge in [-0.3, -0.25) is 4.79 Å². The summed E-state index contributed by atoms with van der Waals surface area (Å²) in [6.45, 7) is 5.52. The van der Waals surface area contributed by atoms with Crippen molar-refractivity contribution in [3.05, 3.63) is 39.2 Å². The number of esters is 1. The van der Waals surface area contributed by atoms with Gasteiger partial charge >= 0.3 is 17.7 Å². The van der Waals surface area contributed by atoms with Crippen LogP contribution in [0, 0.1) is 11.6 Å². The number of nitrogens with one attached hydrogen (secondary N) is 1. The fourth-order valence-electron chi connectivity index (χ4n) is 2.93. The second-order valence-corrected chi connectivity index (χ2v) is 8.86. The monoisotopic (exact) mass is 581 g/mol. The van der Waals surface area contributed by atoms with Crippen LogP contribution in [0.2, 0.25) is 0 Å².